The first-order valence-electron chi connectivity index (χ1n) is 15.6. The third-order valence-electron chi connectivity index (χ3n) is 7.63. The first-order chi connectivity index (χ1) is 22.0. The van der Waals surface area contributed by atoms with Crippen molar-refractivity contribution in [2.45, 2.75) is 34.6 Å². The zero-order valence-corrected chi connectivity index (χ0v) is 28.0. The van der Waals surface area contributed by atoms with Gasteiger partial charge in [-0.1, -0.05) is 124 Å². The minimum atomic E-state index is 0.796. The van der Waals surface area contributed by atoms with Gasteiger partial charge in [-0.3, -0.25) is 0 Å². The average Bonchev–Trinajstić information content (AvgIpc) is 3.59. The Hall–Kier alpha value is -4.86. The number of nitrogen functional groups attached to an aromatic ring is 1. The maximum absolute atomic E-state index is 6.63. The zero-order chi connectivity index (χ0) is 32.3. The molecule has 0 aliphatic carbocycles. The van der Waals surface area contributed by atoms with Crippen LogP contribution in [0.2, 0.25) is 0 Å². The molecule has 0 radical (unpaired) electrons. The Bertz CT molecular complexity index is 1800. The number of thiophene rings is 1. The summed E-state index contributed by atoms with van der Waals surface area (Å²) in [6.45, 7) is 19.1. The van der Waals surface area contributed by atoms with Crippen LogP contribution in [0.5, 0.6) is 0 Å². The van der Waals surface area contributed by atoms with Gasteiger partial charge in [-0.25, -0.2) is 0 Å². The van der Waals surface area contributed by atoms with Gasteiger partial charge >= 0.3 is 0 Å². The first-order valence-corrected chi connectivity index (χ1v) is 16.4. The summed E-state index contributed by atoms with van der Waals surface area (Å²) in [5.74, 6) is 0. The van der Waals surface area contributed by atoms with Crippen LogP contribution in [0.1, 0.15) is 51.3 Å². The van der Waals surface area contributed by atoms with Crippen molar-refractivity contribution < 1.29 is 0 Å². The molecule has 4 aromatic rings. The molecule has 0 amide bonds. The molecular weight excluding hydrogens is 565 g/mol. The second kappa shape index (κ2) is 15.7. The van der Waals surface area contributed by atoms with E-state index < -0.39 is 0 Å². The van der Waals surface area contributed by atoms with Crippen LogP contribution < -0.4 is 11.1 Å². The monoisotopic (exact) mass is 608 g/mol. The number of rotatable bonds is 9. The number of hydrogen-bond acceptors (Lipinski definition) is 3. The highest BCUT2D eigenvalue weighted by Gasteiger charge is 2.16. The Labute approximate surface area is 274 Å². The summed E-state index contributed by atoms with van der Waals surface area (Å²) >= 11 is 1.80. The van der Waals surface area contributed by atoms with Crippen molar-refractivity contribution in [3.05, 3.63) is 150 Å². The van der Waals surface area contributed by atoms with Crippen molar-refractivity contribution in [1.82, 2.24) is 0 Å². The molecule has 0 fully saturated rings. The van der Waals surface area contributed by atoms with Crippen LogP contribution in [0.25, 0.3) is 49.7 Å². The largest absolute Gasteiger partial charge is 0.397 e. The number of allylic oxidation sites excluding steroid dienone is 9. The molecule has 1 aliphatic heterocycles. The highest BCUT2D eigenvalue weighted by Crippen LogP contribution is 2.40. The van der Waals surface area contributed by atoms with E-state index in [9.17, 15) is 0 Å². The normalized spacial score (nSPS) is 12.9. The third kappa shape index (κ3) is 7.45. The minimum Gasteiger partial charge on any atom is -0.397 e. The molecule has 0 bridgehead atoms. The second-order valence-electron chi connectivity index (χ2n) is 10.4. The number of hydrogen-bond donors (Lipinski definition) is 2. The minimum absolute atomic E-state index is 0.796. The van der Waals surface area contributed by atoms with E-state index in [0.717, 1.165) is 62.5 Å². The molecule has 0 saturated heterocycles. The van der Waals surface area contributed by atoms with Crippen LogP contribution >= 0.6 is 11.3 Å². The van der Waals surface area contributed by atoms with E-state index in [0.29, 0.717) is 0 Å². The lowest BCUT2D eigenvalue weighted by Gasteiger charge is -2.20. The highest BCUT2D eigenvalue weighted by atomic mass is 32.1. The molecule has 3 N–H and O–H groups in total. The van der Waals surface area contributed by atoms with Gasteiger partial charge in [0.05, 0.1) is 11.4 Å². The summed E-state index contributed by atoms with van der Waals surface area (Å²) in [7, 11) is 0. The topological polar surface area (TPSA) is 38.0 Å². The Morgan fingerprint density at radius 2 is 1.49 bits per heavy atom. The van der Waals surface area contributed by atoms with Gasteiger partial charge in [-0.2, -0.15) is 0 Å². The lowest BCUT2D eigenvalue weighted by atomic mass is 9.92. The summed E-state index contributed by atoms with van der Waals surface area (Å²) in [6.07, 6.45) is 18.7. The van der Waals surface area contributed by atoms with E-state index in [2.05, 4.69) is 122 Å². The van der Waals surface area contributed by atoms with Gasteiger partial charge in [0.25, 0.3) is 0 Å². The zero-order valence-electron chi connectivity index (χ0n) is 27.2. The summed E-state index contributed by atoms with van der Waals surface area (Å²) in [4.78, 5) is 2.47. The molecule has 0 spiro atoms. The van der Waals surface area contributed by atoms with Gasteiger partial charge in [-0.05, 0) is 89.6 Å². The summed E-state index contributed by atoms with van der Waals surface area (Å²) in [5.41, 5.74) is 19.6. The van der Waals surface area contributed by atoms with Crippen molar-refractivity contribution in [2.24, 2.45) is 0 Å². The van der Waals surface area contributed by atoms with Crippen molar-refractivity contribution in [2.75, 3.05) is 17.6 Å². The number of nitrogens with one attached hydrogen (secondary N) is 1. The predicted octanol–water partition coefficient (Wildman–Crippen LogP) is 12.5. The summed E-state index contributed by atoms with van der Waals surface area (Å²) < 4.78 is 0. The molecule has 5 rings (SSSR count). The maximum atomic E-state index is 6.63. The van der Waals surface area contributed by atoms with Crippen LogP contribution in [0.15, 0.2) is 134 Å². The standard InChI is InChI=1S/C40H38N2S.C2H6/c1-6-11-28(9-4)25-35(27(5)8-3)29-14-18-31(19-15-29)37-22-23-38(43-37)32-20-16-30(17-21-32)36-26-33-13-10-24-42-40(33)39(41)34(36)12-7-2;1-2/h6-23,25-26,42H,3,5,24,41H2,1-2,4H3;1-2H3/b11-6-,12-7-,28-9-,35-25+;. The van der Waals surface area contributed by atoms with Gasteiger partial charge in [-0.15, -0.1) is 11.3 Å². The van der Waals surface area contributed by atoms with E-state index in [4.69, 9.17) is 5.73 Å². The van der Waals surface area contributed by atoms with E-state index in [1.165, 1.54) is 20.9 Å². The second-order valence-corrected chi connectivity index (χ2v) is 11.5. The fourth-order valence-electron chi connectivity index (χ4n) is 5.34. The Morgan fingerprint density at radius 3 is 2.07 bits per heavy atom. The number of benzene rings is 3. The highest BCUT2D eigenvalue weighted by molar-refractivity contribution is 7.18. The molecule has 0 saturated carbocycles. The van der Waals surface area contributed by atoms with Crippen LogP contribution in [0.3, 0.4) is 0 Å². The fraction of sp³-hybridized carbons (Fsp3) is 0.143. The molecule has 1 aromatic heterocycles. The van der Waals surface area contributed by atoms with Crippen molar-refractivity contribution in [1.29, 1.82) is 0 Å². The van der Waals surface area contributed by atoms with E-state index >= 15 is 0 Å². The van der Waals surface area contributed by atoms with Crippen molar-refractivity contribution >= 4 is 40.4 Å². The summed E-state index contributed by atoms with van der Waals surface area (Å²) in [5, 5.41) is 3.43. The number of anilines is 2. The lowest BCUT2D eigenvalue weighted by molar-refractivity contribution is 1.31. The Morgan fingerprint density at radius 1 is 0.867 bits per heavy atom. The van der Waals surface area contributed by atoms with Crippen molar-refractivity contribution in [3.8, 4) is 32.0 Å². The molecule has 45 heavy (non-hydrogen) atoms. The average molecular weight is 609 g/mol. The summed E-state index contributed by atoms with van der Waals surface area (Å²) in [6, 6.07) is 24.2. The molecule has 2 nitrogen and oxygen atoms in total. The lowest BCUT2D eigenvalue weighted by Crippen LogP contribution is -2.09. The van der Waals surface area contributed by atoms with Crippen LogP contribution in [-0.4, -0.2) is 6.54 Å². The number of nitrogens with two attached hydrogens (primary N) is 1. The third-order valence-corrected chi connectivity index (χ3v) is 8.81. The van der Waals surface area contributed by atoms with Crippen LogP contribution in [0, 0.1) is 0 Å². The molecule has 1 aliphatic rings. The maximum Gasteiger partial charge on any atom is 0.0656 e. The SMILES string of the molecule is C=CC(=C)\C(=C/C(/C=C\C)=C\C)c1ccc(-c2ccc(-c3ccc(-c4cc5c(c(N)c4/C=C\C)NCC=C5)cc3)s2)cc1.CC. The van der Waals surface area contributed by atoms with Gasteiger partial charge in [0, 0.05) is 27.4 Å². The molecule has 228 valence electrons. The van der Waals surface area contributed by atoms with Gasteiger partial charge in [0.1, 0.15) is 0 Å². The van der Waals surface area contributed by atoms with Crippen molar-refractivity contribution in [3.63, 3.8) is 0 Å². The van der Waals surface area contributed by atoms with Gasteiger partial charge < -0.3 is 11.1 Å². The first kappa shape index (κ1) is 33.0. The smallest absolute Gasteiger partial charge is 0.0656 e. The van der Waals surface area contributed by atoms with Crippen LogP contribution in [-0.2, 0) is 0 Å². The Balaban J connectivity index is 0.00000226. The Kier molecular flexibility index (Phi) is 11.6. The van der Waals surface area contributed by atoms with E-state index in [1.807, 2.05) is 52.8 Å². The van der Waals surface area contributed by atoms with Gasteiger partial charge in [0.2, 0.25) is 0 Å². The van der Waals surface area contributed by atoms with Crippen LogP contribution in [0.4, 0.5) is 11.4 Å². The molecule has 3 aromatic carbocycles. The fourth-order valence-corrected chi connectivity index (χ4v) is 6.35. The van der Waals surface area contributed by atoms with E-state index in [1.54, 1.807) is 11.3 Å². The number of fused-ring (bicyclic) bond motifs is 1. The molecule has 2 heterocycles. The molecular formula is C42H44N2S. The van der Waals surface area contributed by atoms with E-state index in [-0.39, 0.29) is 0 Å². The quantitative estimate of drug-likeness (QED) is 0.146. The molecule has 0 unspecified atom stereocenters. The van der Waals surface area contributed by atoms with Gasteiger partial charge in [0.15, 0.2) is 0 Å². The predicted molar refractivity (Wildman–Crippen MR) is 205 cm³/mol. The molecule has 3 heteroatoms. The molecule has 0 atom stereocenters.